The maximum absolute atomic E-state index is 5.98. The second-order valence-electron chi connectivity index (χ2n) is 9.78. The van der Waals surface area contributed by atoms with Crippen LogP contribution in [0.1, 0.15) is 18.4 Å². The normalized spacial score (nSPS) is 15.7. The highest BCUT2D eigenvalue weighted by atomic mass is 35.5. The van der Waals surface area contributed by atoms with E-state index in [0.717, 1.165) is 45.0 Å². The standard InChI is InChI=1S/C23H40N5Si.ClH/c1-21-19-22(7-8-23(21)24)28-11-5-9-25(16-17-28)12-13-27-15-14-26(20-27)10-6-18-29(2,3)4;/h7-8,14-15,19-20H,5-6,9-13,16-18,24H2,1-4H3;1H/q+1;/p-1. The molecule has 1 aliphatic rings. The van der Waals surface area contributed by atoms with Crippen LogP contribution in [0.2, 0.25) is 25.7 Å². The molecule has 168 valence electrons. The van der Waals surface area contributed by atoms with E-state index in [-0.39, 0.29) is 12.4 Å². The van der Waals surface area contributed by atoms with E-state index in [1.165, 1.54) is 36.7 Å². The first-order valence-electron chi connectivity index (χ1n) is 11.2. The van der Waals surface area contributed by atoms with E-state index in [0.29, 0.717) is 0 Å². The number of rotatable bonds is 8. The Morgan fingerprint density at radius 3 is 2.60 bits per heavy atom. The van der Waals surface area contributed by atoms with E-state index in [1.54, 1.807) is 0 Å². The molecule has 0 unspecified atom stereocenters. The van der Waals surface area contributed by atoms with Crippen LogP contribution in [0.5, 0.6) is 0 Å². The maximum Gasteiger partial charge on any atom is 0.243 e. The van der Waals surface area contributed by atoms with Gasteiger partial charge in [0.2, 0.25) is 6.33 Å². The van der Waals surface area contributed by atoms with Crippen LogP contribution < -0.4 is 27.6 Å². The summed E-state index contributed by atoms with van der Waals surface area (Å²) in [5.74, 6) is 0. The summed E-state index contributed by atoms with van der Waals surface area (Å²) >= 11 is 0. The van der Waals surface area contributed by atoms with Gasteiger partial charge in [0.1, 0.15) is 18.9 Å². The molecule has 2 heterocycles. The van der Waals surface area contributed by atoms with Gasteiger partial charge in [-0.1, -0.05) is 25.7 Å². The highest BCUT2D eigenvalue weighted by Crippen LogP contribution is 2.21. The van der Waals surface area contributed by atoms with Crippen molar-refractivity contribution in [1.82, 2.24) is 9.47 Å². The van der Waals surface area contributed by atoms with E-state index in [9.17, 15) is 0 Å². The van der Waals surface area contributed by atoms with Crippen LogP contribution in [0, 0.1) is 6.92 Å². The Labute approximate surface area is 190 Å². The van der Waals surface area contributed by atoms with Crippen LogP contribution >= 0.6 is 0 Å². The zero-order valence-electron chi connectivity index (χ0n) is 19.3. The number of halogens is 1. The highest BCUT2D eigenvalue weighted by Gasteiger charge is 2.17. The maximum atomic E-state index is 5.98. The number of aromatic nitrogens is 2. The molecule has 0 bridgehead atoms. The lowest BCUT2D eigenvalue weighted by Crippen LogP contribution is -3.00. The third-order valence-electron chi connectivity index (χ3n) is 5.97. The molecule has 1 saturated heterocycles. The third-order valence-corrected chi connectivity index (χ3v) is 7.82. The van der Waals surface area contributed by atoms with Gasteiger partial charge in [0.25, 0.3) is 0 Å². The summed E-state index contributed by atoms with van der Waals surface area (Å²) in [4.78, 5) is 5.12. The summed E-state index contributed by atoms with van der Waals surface area (Å²) in [7, 11) is -0.920. The third kappa shape index (κ3) is 7.64. The van der Waals surface area contributed by atoms with Crippen molar-refractivity contribution in [3.05, 3.63) is 42.5 Å². The van der Waals surface area contributed by atoms with Crippen molar-refractivity contribution >= 4 is 19.4 Å². The first kappa shape index (κ1) is 24.8. The van der Waals surface area contributed by atoms with Gasteiger partial charge in [0, 0.05) is 52.2 Å². The van der Waals surface area contributed by atoms with Gasteiger partial charge in [-0.3, -0.25) is 4.90 Å². The molecule has 0 atom stereocenters. The van der Waals surface area contributed by atoms with Crippen LogP contribution in [-0.2, 0) is 13.1 Å². The lowest BCUT2D eigenvalue weighted by molar-refractivity contribution is -0.696. The van der Waals surface area contributed by atoms with Crippen LogP contribution in [0.4, 0.5) is 11.4 Å². The molecule has 0 spiro atoms. The molecule has 1 aromatic heterocycles. The summed E-state index contributed by atoms with van der Waals surface area (Å²) in [6, 6.07) is 7.84. The van der Waals surface area contributed by atoms with E-state index >= 15 is 0 Å². The topological polar surface area (TPSA) is 41.3 Å². The smallest absolute Gasteiger partial charge is 0.243 e. The number of nitrogens with zero attached hydrogens (tertiary/aromatic N) is 4. The van der Waals surface area contributed by atoms with Crippen LogP contribution in [0.25, 0.3) is 0 Å². The monoisotopic (exact) mass is 449 g/mol. The largest absolute Gasteiger partial charge is 1.00 e. The minimum atomic E-state index is -0.920. The molecule has 30 heavy (non-hydrogen) atoms. The van der Waals surface area contributed by atoms with E-state index in [1.807, 2.05) is 6.07 Å². The predicted octanol–water partition coefficient (Wildman–Crippen LogP) is 0.611. The lowest BCUT2D eigenvalue weighted by Gasteiger charge is -2.24. The van der Waals surface area contributed by atoms with Crippen molar-refractivity contribution in [3.8, 4) is 0 Å². The van der Waals surface area contributed by atoms with Crippen LogP contribution in [-0.4, -0.2) is 50.3 Å². The number of imidazole rings is 1. The molecule has 1 aliphatic heterocycles. The molecule has 2 aromatic rings. The summed E-state index contributed by atoms with van der Waals surface area (Å²) in [5, 5.41) is 0. The van der Waals surface area contributed by atoms with Crippen molar-refractivity contribution in [2.24, 2.45) is 0 Å². The quantitative estimate of drug-likeness (QED) is 0.364. The van der Waals surface area contributed by atoms with Crippen molar-refractivity contribution in [2.75, 3.05) is 43.4 Å². The Balaban J connectivity index is 0.00000320. The van der Waals surface area contributed by atoms with Gasteiger partial charge in [-0.05, 0) is 43.5 Å². The van der Waals surface area contributed by atoms with E-state index < -0.39 is 8.07 Å². The van der Waals surface area contributed by atoms with Gasteiger partial charge in [-0.15, -0.1) is 0 Å². The minimum Gasteiger partial charge on any atom is -1.00 e. The molecular formula is C23H40ClN5Si. The van der Waals surface area contributed by atoms with Gasteiger partial charge in [-0.25, -0.2) is 9.13 Å². The second-order valence-corrected chi connectivity index (χ2v) is 15.4. The molecule has 1 fully saturated rings. The van der Waals surface area contributed by atoms with E-state index in [4.69, 9.17) is 5.73 Å². The van der Waals surface area contributed by atoms with Crippen molar-refractivity contribution in [2.45, 2.75) is 58.5 Å². The Kier molecular flexibility index (Phi) is 9.25. The van der Waals surface area contributed by atoms with Crippen molar-refractivity contribution < 1.29 is 17.0 Å². The molecule has 0 aliphatic carbocycles. The van der Waals surface area contributed by atoms with E-state index in [2.05, 4.69) is 76.4 Å². The Bertz CT molecular complexity index is 786. The Morgan fingerprint density at radius 2 is 1.87 bits per heavy atom. The molecule has 7 heteroatoms. The lowest BCUT2D eigenvalue weighted by atomic mass is 10.1. The molecule has 0 saturated carbocycles. The Hall–Kier alpha value is -1.50. The van der Waals surface area contributed by atoms with Gasteiger partial charge in [0.05, 0.1) is 6.54 Å². The molecule has 1 aromatic carbocycles. The van der Waals surface area contributed by atoms with Gasteiger partial charge < -0.3 is 23.0 Å². The first-order valence-corrected chi connectivity index (χ1v) is 14.9. The molecule has 3 rings (SSSR count). The number of benzene rings is 1. The van der Waals surface area contributed by atoms with Crippen LogP contribution in [0.15, 0.2) is 36.9 Å². The SMILES string of the molecule is Cc1cc(N2CCCN(CCn3cc[n+](CCC[Si](C)(C)C)c3)CC2)ccc1N.[Cl-]. The summed E-state index contributed by atoms with van der Waals surface area (Å²) < 4.78 is 4.70. The number of aryl methyl sites for hydroxylation is 2. The molecule has 0 amide bonds. The van der Waals surface area contributed by atoms with Crippen molar-refractivity contribution in [3.63, 3.8) is 0 Å². The van der Waals surface area contributed by atoms with Crippen molar-refractivity contribution in [1.29, 1.82) is 0 Å². The minimum absolute atomic E-state index is 0. The second kappa shape index (κ2) is 11.2. The number of nitrogens with two attached hydrogens (primary N) is 1. The zero-order valence-corrected chi connectivity index (χ0v) is 21.0. The average molecular weight is 450 g/mol. The molecule has 0 radical (unpaired) electrons. The summed E-state index contributed by atoms with van der Waals surface area (Å²) in [6.07, 6.45) is 9.27. The Morgan fingerprint density at radius 1 is 1.07 bits per heavy atom. The average Bonchev–Trinajstić information content (AvgIpc) is 2.97. The van der Waals surface area contributed by atoms with Gasteiger partial charge in [0.15, 0.2) is 0 Å². The fraction of sp³-hybridized carbons (Fsp3) is 0.609. The number of hydrogen-bond donors (Lipinski definition) is 1. The molecular weight excluding hydrogens is 410 g/mol. The number of anilines is 2. The fourth-order valence-corrected chi connectivity index (χ4v) is 5.28. The highest BCUT2D eigenvalue weighted by molar-refractivity contribution is 6.76. The molecule has 2 N–H and O–H groups in total. The first-order chi connectivity index (χ1) is 13.8. The number of nitrogen functional groups attached to an aromatic ring is 1. The predicted molar refractivity (Wildman–Crippen MR) is 126 cm³/mol. The fourth-order valence-electron chi connectivity index (χ4n) is 4.06. The van der Waals surface area contributed by atoms with Crippen LogP contribution in [0.3, 0.4) is 0 Å². The molecule has 5 nitrogen and oxygen atoms in total. The zero-order chi connectivity index (χ0) is 20.9. The van der Waals surface area contributed by atoms with Gasteiger partial charge in [-0.2, -0.15) is 0 Å². The summed E-state index contributed by atoms with van der Waals surface area (Å²) in [5.41, 5.74) is 9.35. The number of hydrogen-bond acceptors (Lipinski definition) is 3. The summed E-state index contributed by atoms with van der Waals surface area (Å²) in [6.45, 7) is 17.3. The van der Waals surface area contributed by atoms with Gasteiger partial charge >= 0.3 is 0 Å².